The first kappa shape index (κ1) is 21.9. The standard InChI is InChI=1S/C27H36N2O2/c1-20(2)18-29(26(31)21-8-5-4-6-9-21)24-13-12-23-19-28(3)15-14-27(23,17-24)22-10-7-11-25(30)16-22/h4-11,16,20,23-24,30H,12-15,17-19H2,1-3H3/t23?,24-,27?/m0/s1. The van der Waals surface area contributed by atoms with E-state index in [0.717, 1.165) is 50.9 Å². The average molecular weight is 421 g/mol. The summed E-state index contributed by atoms with van der Waals surface area (Å²) in [5.41, 5.74) is 2.03. The van der Waals surface area contributed by atoms with Crippen LogP contribution in [0.3, 0.4) is 0 Å². The maximum Gasteiger partial charge on any atom is 0.254 e. The highest BCUT2D eigenvalue weighted by Crippen LogP contribution is 2.50. The molecular weight excluding hydrogens is 384 g/mol. The van der Waals surface area contributed by atoms with Gasteiger partial charge < -0.3 is 14.9 Å². The third-order valence-electron chi connectivity index (χ3n) is 7.41. The Kier molecular flexibility index (Phi) is 6.38. The molecule has 4 heteroatoms. The minimum absolute atomic E-state index is 0.0143. The van der Waals surface area contributed by atoms with Crippen LogP contribution in [0.1, 0.15) is 55.5 Å². The van der Waals surface area contributed by atoms with Gasteiger partial charge in [-0.1, -0.05) is 44.2 Å². The van der Waals surface area contributed by atoms with Crippen LogP contribution in [0.4, 0.5) is 0 Å². The maximum atomic E-state index is 13.6. The molecule has 1 aliphatic carbocycles. The van der Waals surface area contributed by atoms with Gasteiger partial charge in [0.05, 0.1) is 0 Å². The molecule has 0 radical (unpaired) electrons. The minimum Gasteiger partial charge on any atom is -0.508 e. The molecule has 1 amide bonds. The van der Waals surface area contributed by atoms with Crippen molar-refractivity contribution >= 4 is 5.91 Å². The number of hydrogen-bond donors (Lipinski definition) is 1. The summed E-state index contributed by atoms with van der Waals surface area (Å²) in [5.74, 6) is 1.46. The predicted octanol–water partition coefficient (Wildman–Crippen LogP) is 4.93. The number of phenolic OH excluding ortho intramolecular Hbond substituents is 1. The molecule has 1 saturated carbocycles. The molecule has 2 unspecified atom stereocenters. The van der Waals surface area contributed by atoms with E-state index in [1.807, 2.05) is 42.5 Å². The Morgan fingerprint density at radius 2 is 1.94 bits per heavy atom. The minimum atomic E-state index is 0.0143. The first-order valence-corrected chi connectivity index (χ1v) is 11.7. The molecule has 31 heavy (non-hydrogen) atoms. The van der Waals surface area contributed by atoms with Gasteiger partial charge >= 0.3 is 0 Å². The summed E-state index contributed by atoms with van der Waals surface area (Å²) in [6, 6.07) is 17.8. The Hall–Kier alpha value is -2.33. The number of likely N-dealkylation sites (tertiary alicyclic amines) is 1. The van der Waals surface area contributed by atoms with Gasteiger partial charge in [-0.2, -0.15) is 0 Å². The molecule has 0 aromatic heterocycles. The summed E-state index contributed by atoms with van der Waals surface area (Å²) in [4.78, 5) is 18.2. The van der Waals surface area contributed by atoms with E-state index in [4.69, 9.17) is 0 Å². The van der Waals surface area contributed by atoms with Crippen molar-refractivity contribution in [2.24, 2.45) is 11.8 Å². The van der Waals surface area contributed by atoms with Crippen LogP contribution in [-0.4, -0.2) is 53.5 Å². The van der Waals surface area contributed by atoms with Crippen molar-refractivity contribution in [1.29, 1.82) is 0 Å². The van der Waals surface area contributed by atoms with E-state index in [-0.39, 0.29) is 17.4 Å². The molecule has 2 aromatic rings. The van der Waals surface area contributed by atoms with Crippen LogP contribution in [0.2, 0.25) is 0 Å². The summed E-state index contributed by atoms with van der Waals surface area (Å²) in [6.07, 6.45) is 4.20. The molecule has 0 bridgehead atoms. The van der Waals surface area contributed by atoms with Gasteiger partial charge in [0.25, 0.3) is 5.91 Å². The number of fused-ring (bicyclic) bond motifs is 1. The van der Waals surface area contributed by atoms with E-state index >= 15 is 0 Å². The van der Waals surface area contributed by atoms with E-state index in [2.05, 4.69) is 36.8 Å². The Morgan fingerprint density at radius 3 is 2.65 bits per heavy atom. The van der Waals surface area contributed by atoms with Crippen LogP contribution in [0.25, 0.3) is 0 Å². The van der Waals surface area contributed by atoms with Crippen LogP contribution >= 0.6 is 0 Å². The third kappa shape index (κ3) is 4.50. The molecule has 4 nitrogen and oxygen atoms in total. The molecule has 1 heterocycles. The fourth-order valence-corrected chi connectivity index (χ4v) is 5.91. The summed E-state index contributed by atoms with van der Waals surface area (Å²) in [5, 5.41) is 10.2. The van der Waals surface area contributed by atoms with Gasteiger partial charge in [0, 0.05) is 30.1 Å². The molecule has 2 aromatic carbocycles. The number of aromatic hydroxyl groups is 1. The SMILES string of the molecule is CC(C)CN(C(=O)c1ccccc1)[C@H]1CCC2CN(C)CCC2(c2cccc(O)c2)C1. The second-order valence-corrected chi connectivity index (χ2v) is 10.1. The number of piperidine rings is 1. The summed E-state index contributed by atoms with van der Waals surface area (Å²) in [6.45, 7) is 7.29. The zero-order valence-corrected chi connectivity index (χ0v) is 19.1. The zero-order valence-electron chi connectivity index (χ0n) is 19.1. The van der Waals surface area contributed by atoms with Gasteiger partial charge in [-0.3, -0.25) is 4.79 Å². The Balaban J connectivity index is 1.69. The van der Waals surface area contributed by atoms with Crippen molar-refractivity contribution in [3.05, 3.63) is 65.7 Å². The molecule has 4 rings (SSSR count). The van der Waals surface area contributed by atoms with Crippen LogP contribution in [0.5, 0.6) is 5.75 Å². The summed E-state index contributed by atoms with van der Waals surface area (Å²) in [7, 11) is 2.21. The van der Waals surface area contributed by atoms with Crippen LogP contribution in [0.15, 0.2) is 54.6 Å². The number of phenols is 1. The summed E-state index contributed by atoms with van der Waals surface area (Å²) < 4.78 is 0. The van der Waals surface area contributed by atoms with Crippen molar-refractivity contribution in [3.63, 3.8) is 0 Å². The summed E-state index contributed by atoms with van der Waals surface area (Å²) >= 11 is 0. The lowest BCUT2D eigenvalue weighted by molar-refractivity contribution is 0.0170. The number of hydrogen-bond acceptors (Lipinski definition) is 3. The van der Waals surface area contributed by atoms with Gasteiger partial charge in [-0.05, 0) is 80.9 Å². The molecule has 166 valence electrons. The first-order valence-electron chi connectivity index (χ1n) is 11.7. The third-order valence-corrected chi connectivity index (χ3v) is 7.41. The number of rotatable bonds is 5. The van der Waals surface area contributed by atoms with Crippen LogP contribution < -0.4 is 0 Å². The fourth-order valence-electron chi connectivity index (χ4n) is 5.91. The lowest BCUT2D eigenvalue weighted by Gasteiger charge is -2.54. The maximum absolute atomic E-state index is 13.6. The quantitative estimate of drug-likeness (QED) is 0.746. The molecule has 0 spiro atoms. The van der Waals surface area contributed by atoms with Crippen molar-refractivity contribution in [2.45, 2.75) is 51.0 Å². The Morgan fingerprint density at radius 1 is 1.16 bits per heavy atom. The Bertz CT molecular complexity index is 897. The number of nitrogens with zero attached hydrogens (tertiary/aromatic N) is 2. The van der Waals surface area contributed by atoms with Crippen LogP contribution in [-0.2, 0) is 5.41 Å². The van der Waals surface area contributed by atoms with E-state index < -0.39 is 0 Å². The van der Waals surface area contributed by atoms with Gasteiger partial charge in [-0.15, -0.1) is 0 Å². The first-order chi connectivity index (χ1) is 14.9. The van der Waals surface area contributed by atoms with E-state index in [9.17, 15) is 9.90 Å². The molecule has 1 N–H and O–H groups in total. The fraction of sp³-hybridized carbons (Fsp3) is 0.519. The molecule has 2 aliphatic rings. The molecule has 1 aliphatic heterocycles. The number of carbonyl (C=O) groups is 1. The van der Waals surface area contributed by atoms with E-state index in [0.29, 0.717) is 17.6 Å². The zero-order chi connectivity index (χ0) is 22.0. The smallest absolute Gasteiger partial charge is 0.254 e. The predicted molar refractivity (Wildman–Crippen MR) is 125 cm³/mol. The number of amides is 1. The molecule has 2 fully saturated rings. The highest BCUT2D eigenvalue weighted by atomic mass is 16.3. The van der Waals surface area contributed by atoms with Crippen molar-refractivity contribution in [2.75, 3.05) is 26.7 Å². The van der Waals surface area contributed by atoms with Crippen molar-refractivity contribution in [1.82, 2.24) is 9.80 Å². The second kappa shape index (κ2) is 9.04. The lowest BCUT2D eigenvalue weighted by atomic mass is 9.57. The second-order valence-electron chi connectivity index (χ2n) is 10.1. The van der Waals surface area contributed by atoms with E-state index in [1.165, 1.54) is 5.56 Å². The van der Waals surface area contributed by atoms with Crippen LogP contribution in [0, 0.1) is 11.8 Å². The normalized spacial score (nSPS) is 26.5. The van der Waals surface area contributed by atoms with Gasteiger partial charge in [0.2, 0.25) is 0 Å². The topological polar surface area (TPSA) is 43.8 Å². The molecule has 3 atom stereocenters. The van der Waals surface area contributed by atoms with Gasteiger partial charge in [-0.25, -0.2) is 0 Å². The van der Waals surface area contributed by atoms with Gasteiger partial charge in [0.1, 0.15) is 5.75 Å². The monoisotopic (exact) mass is 420 g/mol. The molecule has 1 saturated heterocycles. The lowest BCUT2D eigenvalue weighted by Crippen LogP contribution is -2.56. The average Bonchev–Trinajstić information content (AvgIpc) is 2.77. The molecular formula is C27H36N2O2. The number of carbonyl (C=O) groups excluding carboxylic acids is 1. The largest absolute Gasteiger partial charge is 0.508 e. The Labute approximate surface area is 186 Å². The number of benzene rings is 2. The highest BCUT2D eigenvalue weighted by Gasteiger charge is 2.49. The highest BCUT2D eigenvalue weighted by molar-refractivity contribution is 5.94. The van der Waals surface area contributed by atoms with Crippen molar-refractivity contribution < 1.29 is 9.90 Å². The van der Waals surface area contributed by atoms with E-state index in [1.54, 1.807) is 6.07 Å². The van der Waals surface area contributed by atoms with Crippen molar-refractivity contribution in [3.8, 4) is 5.75 Å². The van der Waals surface area contributed by atoms with Gasteiger partial charge in [0.15, 0.2) is 0 Å².